The number of anilines is 1. The largest absolute Gasteiger partial charge is 0.467 e. The average Bonchev–Trinajstić information content (AvgIpc) is 2.92. The highest BCUT2D eigenvalue weighted by Crippen LogP contribution is 2.30. The maximum atomic E-state index is 14.2. The summed E-state index contributed by atoms with van der Waals surface area (Å²) in [7, 11) is 0. The van der Waals surface area contributed by atoms with Gasteiger partial charge >= 0.3 is 0 Å². The predicted octanol–water partition coefficient (Wildman–Crippen LogP) is 4.08. The van der Waals surface area contributed by atoms with Crippen LogP contribution in [0.25, 0.3) is 0 Å². The molecule has 0 radical (unpaired) electrons. The van der Waals surface area contributed by atoms with Gasteiger partial charge in [0, 0.05) is 6.54 Å². The quantitative estimate of drug-likeness (QED) is 0.851. The molecule has 0 saturated carbocycles. The lowest BCUT2D eigenvalue weighted by Gasteiger charge is -2.23. The Kier molecular flexibility index (Phi) is 4.23. The predicted molar refractivity (Wildman–Crippen MR) is 74.2 cm³/mol. The first-order valence-electron chi connectivity index (χ1n) is 5.82. The summed E-state index contributed by atoms with van der Waals surface area (Å²) in [6.07, 6.45) is 1.59. The lowest BCUT2D eigenvalue weighted by molar-refractivity contribution is 0.501. The van der Waals surface area contributed by atoms with E-state index in [1.54, 1.807) is 24.5 Å². The fourth-order valence-electron chi connectivity index (χ4n) is 1.83. The normalized spacial score (nSPS) is 10.2. The minimum absolute atomic E-state index is 0.199. The van der Waals surface area contributed by atoms with Crippen LogP contribution in [-0.4, -0.2) is 6.54 Å². The average molecular weight is 323 g/mol. The number of hydrogen-bond donors (Lipinski definition) is 0. The van der Waals surface area contributed by atoms with E-state index in [-0.39, 0.29) is 10.0 Å². The van der Waals surface area contributed by atoms with E-state index in [2.05, 4.69) is 15.9 Å². The van der Waals surface area contributed by atoms with E-state index in [1.807, 2.05) is 24.0 Å². The van der Waals surface area contributed by atoms with Gasteiger partial charge in [-0.25, -0.2) is 4.39 Å². The Hall–Kier alpha value is -1.80. The maximum absolute atomic E-state index is 14.2. The molecule has 1 heterocycles. The third kappa shape index (κ3) is 2.79. The highest BCUT2D eigenvalue weighted by molar-refractivity contribution is 9.10. The first kappa shape index (κ1) is 13.6. The molecule has 3 nitrogen and oxygen atoms in total. The van der Waals surface area contributed by atoms with Crippen LogP contribution < -0.4 is 4.90 Å². The monoisotopic (exact) mass is 322 g/mol. The summed E-state index contributed by atoms with van der Waals surface area (Å²) in [6, 6.07) is 8.81. The molecular formula is C14H12BrFN2O. The van der Waals surface area contributed by atoms with Crippen LogP contribution in [0.5, 0.6) is 0 Å². The SMILES string of the molecule is CCN(Cc1ccco1)c1ccc(C#N)c(Br)c1F. The van der Waals surface area contributed by atoms with E-state index in [0.717, 1.165) is 5.76 Å². The van der Waals surface area contributed by atoms with Gasteiger partial charge in [-0.15, -0.1) is 0 Å². The van der Waals surface area contributed by atoms with Crippen molar-refractivity contribution in [3.8, 4) is 6.07 Å². The van der Waals surface area contributed by atoms with Crippen molar-refractivity contribution in [1.29, 1.82) is 5.26 Å². The molecule has 0 saturated heterocycles. The zero-order valence-electron chi connectivity index (χ0n) is 10.4. The molecule has 0 atom stereocenters. The Labute approximate surface area is 119 Å². The third-order valence-electron chi connectivity index (χ3n) is 2.83. The van der Waals surface area contributed by atoms with Gasteiger partial charge < -0.3 is 9.32 Å². The molecule has 19 heavy (non-hydrogen) atoms. The van der Waals surface area contributed by atoms with Crippen molar-refractivity contribution in [2.75, 3.05) is 11.4 Å². The van der Waals surface area contributed by atoms with Crippen LogP contribution in [0, 0.1) is 17.1 Å². The fourth-order valence-corrected chi connectivity index (χ4v) is 2.25. The smallest absolute Gasteiger partial charge is 0.161 e. The third-order valence-corrected chi connectivity index (χ3v) is 3.61. The maximum Gasteiger partial charge on any atom is 0.161 e. The minimum atomic E-state index is -0.424. The molecule has 98 valence electrons. The molecule has 1 aromatic carbocycles. The first-order valence-corrected chi connectivity index (χ1v) is 6.62. The number of rotatable bonds is 4. The van der Waals surface area contributed by atoms with Crippen LogP contribution in [0.2, 0.25) is 0 Å². The number of benzene rings is 1. The summed E-state index contributed by atoms with van der Waals surface area (Å²) in [6.45, 7) is 3.06. The Bertz CT molecular complexity index is 605. The lowest BCUT2D eigenvalue weighted by Crippen LogP contribution is -2.23. The van der Waals surface area contributed by atoms with Gasteiger partial charge in [-0.05, 0) is 47.1 Å². The van der Waals surface area contributed by atoms with Gasteiger partial charge in [0.1, 0.15) is 11.8 Å². The van der Waals surface area contributed by atoms with Gasteiger partial charge in [0.25, 0.3) is 0 Å². The Morgan fingerprint density at radius 1 is 1.42 bits per heavy atom. The van der Waals surface area contributed by atoms with Gasteiger partial charge in [-0.3, -0.25) is 0 Å². The zero-order valence-corrected chi connectivity index (χ0v) is 11.9. The molecule has 5 heteroatoms. The van der Waals surface area contributed by atoms with Crippen molar-refractivity contribution < 1.29 is 8.81 Å². The zero-order chi connectivity index (χ0) is 13.8. The van der Waals surface area contributed by atoms with Gasteiger partial charge in [0.15, 0.2) is 5.82 Å². The van der Waals surface area contributed by atoms with E-state index in [4.69, 9.17) is 9.68 Å². The van der Waals surface area contributed by atoms with Crippen molar-refractivity contribution in [2.45, 2.75) is 13.5 Å². The number of nitriles is 1. The van der Waals surface area contributed by atoms with Crippen molar-refractivity contribution >= 4 is 21.6 Å². The van der Waals surface area contributed by atoms with Gasteiger partial charge in [-0.2, -0.15) is 5.26 Å². The molecule has 0 unspecified atom stereocenters. The van der Waals surface area contributed by atoms with Gasteiger partial charge in [0.05, 0.1) is 28.5 Å². The summed E-state index contributed by atoms with van der Waals surface area (Å²) < 4.78 is 19.7. The second-order valence-corrected chi connectivity index (χ2v) is 4.76. The molecule has 0 bridgehead atoms. The van der Waals surface area contributed by atoms with E-state index >= 15 is 0 Å². The Morgan fingerprint density at radius 2 is 2.21 bits per heavy atom. The number of halogens is 2. The standard InChI is InChI=1S/C14H12BrFN2O/c1-2-18(9-11-4-3-7-19-11)12-6-5-10(8-17)13(15)14(12)16/h3-7H,2,9H2,1H3. The summed E-state index contributed by atoms with van der Waals surface area (Å²) in [5, 5.41) is 8.86. The molecule has 1 aromatic heterocycles. The van der Waals surface area contributed by atoms with E-state index in [1.165, 1.54) is 0 Å². The second kappa shape index (κ2) is 5.89. The van der Waals surface area contributed by atoms with Crippen LogP contribution in [0.1, 0.15) is 18.2 Å². The van der Waals surface area contributed by atoms with Gasteiger partial charge in [0.2, 0.25) is 0 Å². The number of nitrogens with zero attached hydrogens (tertiary/aromatic N) is 2. The fraction of sp³-hybridized carbons (Fsp3) is 0.214. The highest BCUT2D eigenvalue weighted by atomic mass is 79.9. The topological polar surface area (TPSA) is 40.2 Å². The number of furan rings is 1. The van der Waals surface area contributed by atoms with Crippen LogP contribution in [0.15, 0.2) is 39.4 Å². The van der Waals surface area contributed by atoms with E-state index in [9.17, 15) is 4.39 Å². The second-order valence-electron chi connectivity index (χ2n) is 3.97. The van der Waals surface area contributed by atoms with Crippen molar-refractivity contribution in [3.05, 3.63) is 52.1 Å². The summed E-state index contributed by atoms with van der Waals surface area (Å²) in [5.41, 5.74) is 0.736. The Balaban J connectivity index is 2.34. The van der Waals surface area contributed by atoms with Crippen molar-refractivity contribution in [1.82, 2.24) is 0 Å². The van der Waals surface area contributed by atoms with E-state index < -0.39 is 5.82 Å². The summed E-state index contributed by atoms with van der Waals surface area (Å²) >= 11 is 3.12. The van der Waals surface area contributed by atoms with Crippen LogP contribution in [0.4, 0.5) is 10.1 Å². The highest BCUT2D eigenvalue weighted by Gasteiger charge is 2.16. The molecule has 2 rings (SSSR count). The summed E-state index contributed by atoms with van der Waals surface area (Å²) in [4.78, 5) is 1.85. The minimum Gasteiger partial charge on any atom is -0.467 e. The van der Waals surface area contributed by atoms with Crippen LogP contribution in [0.3, 0.4) is 0 Å². The van der Waals surface area contributed by atoms with Crippen molar-refractivity contribution in [2.24, 2.45) is 0 Å². The molecule has 0 N–H and O–H groups in total. The molecule has 2 aromatic rings. The van der Waals surface area contributed by atoms with Gasteiger partial charge in [-0.1, -0.05) is 0 Å². The van der Waals surface area contributed by atoms with Crippen molar-refractivity contribution in [3.63, 3.8) is 0 Å². The molecule has 0 spiro atoms. The molecule has 0 aliphatic carbocycles. The summed E-state index contributed by atoms with van der Waals surface area (Å²) in [5.74, 6) is 0.342. The molecular weight excluding hydrogens is 311 g/mol. The first-order chi connectivity index (χ1) is 9.17. The Morgan fingerprint density at radius 3 is 2.79 bits per heavy atom. The lowest BCUT2D eigenvalue weighted by atomic mass is 10.2. The van der Waals surface area contributed by atoms with E-state index in [0.29, 0.717) is 18.8 Å². The molecule has 0 fully saturated rings. The molecule has 0 aliphatic rings. The van der Waals surface area contributed by atoms with Crippen LogP contribution >= 0.6 is 15.9 Å². The number of hydrogen-bond acceptors (Lipinski definition) is 3. The molecule has 0 aliphatic heterocycles. The van der Waals surface area contributed by atoms with Crippen LogP contribution in [-0.2, 0) is 6.54 Å². The molecule has 0 amide bonds.